The fourth-order valence-electron chi connectivity index (χ4n) is 13.5. The maximum Gasteiger partial charge on any atom is 0.258 e. The SMILES string of the molecule is [2H]c1c([2H])c([2H])c(-c2ccc(N3c4cc(N(c5ccccc5)c5ccc(C#N)cc5)ccc4B4c5c(cc(-n6c7ccccc7c7ccccc76)cc53)Oc3cc(N(c5ccccc5)c5ccc(C#N)cc5)c5c(sc6ccccc65)c34)c(-c3ccccc3)c2)c([2H])c1[2H]. The summed E-state index contributed by atoms with van der Waals surface area (Å²) >= 11 is 1.75. The first-order chi connectivity index (χ1) is 46.1. The van der Waals surface area contributed by atoms with Crippen LogP contribution in [0.3, 0.4) is 0 Å². The number of rotatable bonds is 10. The van der Waals surface area contributed by atoms with Crippen molar-refractivity contribution in [1.82, 2.24) is 4.57 Å². The van der Waals surface area contributed by atoms with Crippen molar-refractivity contribution >= 4 is 128 Å². The van der Waals surface area contributed by atoms with E-state index in [1.54, 1.807) is 11.3 Å². The molecule has 2 aliphatic rings. The molecule has 0 spiro atoms. The zero-order chi connectivity index (χ0) is 63.5. The molecule has 4 heterocycles. The molecule has 0 amide bonds. The maximum absolute atomic E-state index is 10.1. The zero-order valence-electron chi connectivity index (χ0n) is 52.5. The summed E-state index contributed by atoms with van der Waals surface area (Å²) in [6.45, 7) is -0.448. The number of aromatic nitrogens is 1. The largest absolute Gasteiger partial charge is 0.458 e. The fourth-order valence-corrected chi connectivity index (χ4v) is 14.8. The Kier molecular flexibility index (Phi) is 10.9. The van der Waals surface area contributed by atoms with Gasteiger partial charge in [0.25, 0.3) is 6.71 Å². The molecular formula is C80H49BN6OS. The molecule has 17 rings (SSSR count). The summed E-state index contributed by atoms with van der Waals surface area (Å²) in [5.74, 6) is 1.34. The zero-order valence-corrected chi connectivity index (χ0v) is 48.3. The second-order valence-electron chi connectivity index (χ2n) is 22.2. The van der Waals surface area contributed by atoms with E-state index in [-0.39, 0.29) is 17.6 Å². The smallest absolute Gasteiger partial charge is 0.258 e. The highest BCUT2D eigenvalue weighted by Crippen LogP contribution is 2.52. The topological polar surface area (TPSA) is 71.5 Å². The number of nitrogens with zero attached hydrogens (tertiary/aromatic N) is 6. The Bertz CT molecular complexity index is 5630. The van der Waals surface area contributed by atoms with E-state index in [1.807, 2.05) is 133 Å². The molecule has 0 bridgehead atoms. The minimum atomic E-state index is -0.458. The number of thiophene rings is 1. The van der Waals surface area contributed by atoms with Crippen molar-refractivity contribution in [2.45, 2.75) is 0 Å². The number of para-hydroxylation sites is 4. The fraction of sp³-hybridized carbons (Fsp3) is 0. The first kappa shape index (κ1) is 46.4. The van der Waals surface area contributed by atoms with Crippen LogP contribution in [-0.2, 0) is 0 Å². The summed E-state index contributed by atoms with van der Waals surface area (Å²) < 4.78 is 57.0. The van der Waals surface area contributed by atoms with Crippen LogP contribution < -0.4 is 35.8 Å². The van der Waals surface area contributed by atoms with E-state index in [4.69, 9.17) is 8.85 Å². The van der Waals surface area contributed by atoms with Crippen LogP contribution in [0.5, 0.6) is 11.5 Å². The van der Waals surface area contributed by atoms with Crippen molar-refractivity contribution in [2.75, 3.05) is 14.7 Å². The molecule has 15 aromatic rings. The lowest BCUT2D eigenvalue weighted by Gasteiger charge is -2.42. The lowest BCUT2D eigenvalue weighted by Crippen LogP contribution is -2.59. The van der Waals surface area contributed by atoms with E-state index >= 15 is 0 Å². The van der Waals surface area contributed by atoms with Crippen molar-refractivity contribution in [3.63, 3.8) is 0 Å². The lowest BCUT2D eigenvalue weighted by atomic mass is 9.34. The Hall–Kier alpha value is -11.9. The molecular weight excluding hydrogens is 1100 g/mol. The van der Waals surface area contributed by atoms with Crippen LogP contribution in [0.2, 0.25) is 0 Å². The summed E-state index contributed by atoms with van der Waals surface area (Å²) in [7, 11) is 0. The highest BCUT2D eigenvalue weighted by atomic mass is 32.1. The molecule has 89 heavy (non-hydrogen) atoms. The molecule has 0 N–H and O–H groups in total. The maximum atomic E-state index is 10.1. The predicted molar refractivity (Wildman–Crippen MR) is 369 cm³/mol. The molecule has 13 aromatic carbocycles. The molecule has 0 saturated carbocycles. The van der Waals surface area contributed by atoms with Crippen LogP contribution in [0.15, 0.2) is 297 Å². The van der Waals surface area contributed by atoms with Crippen LogP contribution in [0.4, 0.5) is 51.2 Å². The van der Waals surface area contributed by atoms with Gasteiger partial charge in [0.15, 0.2) is 0 Å². The third-order valence-corrected chi connectivity index (χ3v) is 18.5. The van der Waals surface area contributed by atoms with Crippen LogP contribution in [0, 0.1) is 22.7 Å². The lowest BCUT2D eigenvalue weighted by molar-refractivity contribution is 0.488. The minimum absolute atomic E-state index is 0.101. The van der Waals surface area contributed by atoms with Gasteiger partial charge in [0, 0.05) is 88.5 Å². The van der Waals surface area contributed by atoms with Gasteiger partial charge >= 0.3 is 0 Å². The summed E-state index contributed by atoms with van der Waals surface area (Å²) in [6.07, 6.45) is 0. The molecule has 2 aromatic heterocycles. The molecule has 0 fully saturated rings. The Balaban J connectivity index is 1.01. The minimum Gasteiger partial charge on any atom is -0.458 e. The molecule has 9 heteroatoms. The average molecular weight is 1160 g/mol. The molecule has 0 aliphatic carbocycles. The molecule has 0 unspecified atom stereocenters. The molecule has 0 radical (unpaired) electrons. The van der Waals surface area contributed by atoms with E-state index in [1.165, 1.54) is 0 Å². The number of hydrogen-bond acceptors (Lipinski definition) is 7. The van der Waals surface area contributed by atoms with E-state index in [2.05, 4.69) is 165 Å². The van der Waals surface area contributed by atoms with Crippen molar-refractivity contribution in [3.05, 3.63) is 308 Å². The van der Waals surface area contributed by atoms with Gasteiger partial charge in [0.05, 0.1) is 58.2 Å². The van der Waals surface area contributed by atoms with Crippen LogP contribution in [-0.4, -0.2) is 11.3 Å². The Labute approximate surface area is 526 Å². The third kappa shape index (κ3) is 8.40. The molecule has 0 saturated heterocycles. The third-order valence-electron chi connectivity index (χ3n) is 17.3. The van der Waals surface area contributed by atoms with Crippen LogP contribution in [0.25, 0.3) is 69.9 Å². The van der Waals surface area contributed by atoms with Gasteiger partial charge in [-0.15, -0.1) is 11.3 Å². The van der Waals surface area contributed by atoms with E-state index in [0.29, 0.717) is 28.2 Å². The first-order valence-electron chi connectivity index (χ1n) is 31.9. The van der Waals surface area contributed by atoms with Gasteiger partial charge in [-0.2, -0.15) is 10.5 Å². The molecule has 7 nitrogen and oxygen atoms in total. The van der Waals surface area contributed by atoms with Crippen molar-refractivity contribution in [3.8, 4) is 51.6 Å². The number of hydrogen-bond donors (Lipinski definition) is 0. The second kappa shape index (κ2) is 21.0. The van der Waals surface area contributed by atoms with Gasteiger partial charge in [-0.25, -0.2) is 0 Å². The van der Waals surface area contributed by atoms with E-state index < -0.39 is 24.8 Å². The average Bonchev–Trinajstić information content (AvgIpc) is 1.12. The Morgan fingerprint density at radius 3 is 1.66 bits per heavy atom. The molecule has 414 valence electrons. The van der Waals surface area contributed by atoms with Crippen molar-refractivity contribution < 1.29 is 11.6 Å². The van der Waals surface area contributed by atoms with Gasteiger partial charge in [-0.1, -0.05) is 164 Å². The quantitative estimate of drug-likeness (QED) is 0.127. The van der Waals surface area contributed by atoms with Gasteiger partial charge in [-0.05, 0) is 154 Å². The second-order valence-corrected chi connectivity index (χ2v) is 23.3. The van der Waals surface area contributed by atoms with Crippen molar-refractivity contribution in [1.29, 1.82) is 10.5 Å². The Morgan fingerprint density at radius 1 is 0.438 bits per heavy atom. The number of benzene rings is 13. The number of nitriles is 2. The predicted octanol–water partition coefficient (Wildman–Crippen LogP) is 19.6. The van der Waals surface area contributed by atoms with Crippen LogP contribution >= 0.6 is 11.3 Å². The summed E-state index contributed by atoms with van der Waals surface area (Å²) in [5, 5.41) is 24.4. The molecule has 0 atom stereocenters. The summed E-state index contributed by atoms with van der Waals surface area (Å²) in [6, 6.07) is 93.6. The standard InChI is InChI=1S/C80H49BN6OS/c82-50-52-33-38-59(39-34-52)84(57-23-9-3-10-24-57)61-42-43-67-71(46-61)87(70-44-37-56(54-19-5-1-6-20-54)45-66(70)55-21-7-2-8-22-55)73-47-62(86-68-30-16-13-27-63(68)64-28-14-17-31-69(64)86)48-74-78(73)81(67)79-75(88-74)49-72(77-65-29-15-18-32-76(65)89-80(77)79)85(58-25-11-4-12-26-58)60-40-35-53(51-83)36-41-60/h1-49H/i1D,5D,6D,19D,20D. The number of anilines is 9. The summed E-state index contributed by atoms with van der Waals surface area (Å²) in [4.78, 5) is 6.82. The summed E-state index contributed by atoms with van der Waals surface area (Å²) in [5.41, 5.74) is 16.8. The van der Waals surface area contributed by atoms with Gasteiger partial charge in [0.1, 0.15) is 11.5 Å². The normalized spacial score (nSPS) is 12.9. The monoisotopic (exact) mass is 1160 g/mol. The van der Waals surface area contributed by atoms with E-state index in [9.17, 15) is 13.3 Å². The van der Waals surface area contributed by atoms with Crippen molar-refractivity contribution in [2.24, 2.45) is 0 Å². The number of ether oxygens (including phenoxy) is 1. The number of fused-ring (bicyclic) bond motifs is 11. The first-order valence-corrected chi connectivity index (χ1v) is 30.2. The highest BCUT2D eigenvalue weighted by molar-refractivity contribution is 7.28. The van der Waals surface area contributed by atoms with Gasteiger partial charge in [0.2, 0.25) is 0 Å². The van der Waals surface area contributed by atoms with Gasteiger partial charge in [-0.3, -0.25) is 0 Å². The van der Waals surface area contributed by atoms with E-state index in [0.717, 1.165) is 126 Å². The van der Waals surface area contributed by atoms with Gasteiger partial charge < -0.3 is 24.0 Å². The Morgan fingerprint density at radius 2 is 1.00 bits per heavy atom. The highest BCUT2D eigenvalue weighted by Gasteiger charge is 2.45. The molecule has 2 aliphatic heterocycles. The van der Waals surface area contributed by atoms with Crippen LogP contribution in [0.1, 0.15) is 18.0 Å².